The smallest absolute Gasteiger partial charge is 0.248 e. The lowest BCUT2D eigenvalue weighted by molar-refractivity contribution is 0.100. The van der Waals surface area contributed by atoms with Crippen molar-refractivity contribution >= 4 is 28.9 Å². The monoisotopic (exact) mass is 293 g/mol. The van der Waals surface area contributed by atoms with Gasteiger partial charge in [0, 0.05) is 12.1 Å². The van der Waals surface area contributed by atoms with Gasteiger partial charge in [-0.2, -0.15) is 0 Å². The molecule has 0 aromatic heterocycles. The highest BCUT2D eigenvalue weighted by Crippen LogP contribution is 2.22. The van der Waals surface area contributed by atoms with Crippen molar-refractivity contribution in [2.75, 3.05) is 11.1 Å². The van der Waals surface area contributed by atoms with E-state index >= 15 is 0 Å². The average Bonchev–Trinajstić information content (AvgIpc) is 2.41. The number of hydrogen-bond acceptors (Lipinski definition) is 3. The average molecular weight is 294 g/mol. The molecule has 0 spiro atoms. The summed E-state index contributed by atoms with van der Waals surface area (Å²) >= 11 is 5.70. The number of nitrogen functional groups attached to an aromatic ring is 1. The third-order valence-corrected chi connectivity index (χ3v) is 3.09. The lowest BCUT2D eigenvalue weighted by Crippen LogP contribution is -2.12. The van der Waals surface area contributed by atoms with Gasteiger partial charge >= 0.3 is 0 Å². The summed E-state index contributed by atoms with van der Waals surface area (Å²) in [5.41, 5.74) is 13.2. The van der Waals surface area contributed by atoms with E-state index in [2.05, 4.69) is 5.32 Å². The van der Waals surface area contributed by atoms with Crippen molar-refractivity contribution in [3.05, 3.63) is 58.4 Å². The van der Waals surface area contributed by atoms with Gasteiger partial charge in [0.2, 0.25) is 5.91 Å². The van der Waals surface area contributed by atoms with Crippen molar-refractivity contribution < 1.29 is 9.18 Å². The molecule has 0 aliphatic carbocycles. The number of rotatable bonds is 4. The van der Waals surface area contributed by atoms with Crippen LogP contribution in [0.25, 0.3) is 0 Å². The Morgan fingerprint density at radius 3 is 2.65 bits per heavy atom. The standard InChI is InChI=1S/C14H13ClFN3O/c15-10-5-8(1-3-11(10)16)7-19-13-6-9(14(18)20)2-4-12(13)17/h1-6,19H,7,17H2,(H2,18,20). The maximum absolute atomic E-state index is 13.0. The predicted octanol–water partition coefficient (Wildman–Crippen LogP) is 2.77. The Hall–Kier alpha value is -2.27. The van der Waals surface area contributed by atoms with Crippen LogP contribution in [0.5, 0.6) is 0 Å². The van der Waals surface area contributed by atoms with Crippen LogP contribution >= 0.6 is 11.6 Å². The van der Waals surface area contributed by atoms with Gasteiger partial charge < -0.3 is 16.8 Å². The minimum absolute atomic E-state index is 0.0585. The van der Waals surface area contributed by atoms with E-state index in [4.69, 9.17) is 23.1 Å². The summed E-state index contributed by atoms with van der Waals surface area (Å²) in [5.74, 6) is -0.997. The number of carbonyl (C=O) groups is 1. The second kappa shape index (κ2) is 5.79. The van der Waals surface area contributed by atoms with Crippen molar-refractivity contribution in [1.82, 2.24) is 0 Å². The summed E-state index contributed by atoms with van der Waals surface area (Å²) in [7, 11) is 0. The number of carbonyl (C=O) groups excluding carboxylic acids is 1. The van der Waals surface area contributed by atoms with Crippen LogP contribution in [0.3, 0.4) is 0 Å². The molecule has 0 fully saturated rings. The van der Waals surface area contributed by atoms with E-state index in [9.17, 15) is 9.18 Å². The van der Waals surface area contributed by atoms with Crippen LogP contribution in [-0.4, -0.2) is 5.91 Å². The molecule has 0 unspecified atom stereocenters. The fourth-order valence-corrected chi connectivity index (χ4v) is 1.91. The predicted molar refractivity (Wildman–Crippen MR) is 78.1 cm³/mol. The molecular formula is C14H13ClFN3O. The highest BCUT2D eigenvalue weighted by atomic mass is 35.5. The summed E-state index contributed by atoms with van der Waals surface area (Å²) in [4.78, 5) is 11.1. The third-order valence-electron chi connectivity index (χ3n) is 2.80. The number of amides is 1. The molecule has 4 nitrogen and oxygen atoms in total. The van der Waals surface area contributed by atoms with E-state index < -0.39 is 11.7 Å². The highest BCUT2D eigenvalue weighted by Gasteiger charge is 2.06. The van der Waals surface area contributed by atoms with Crippen molar-refractivity contribution in [2.45, 2.75) is 6.54 Å². The SMILES string of the molecule is NC(=O)c1ccc(N)c(NCc2ccc(F)c(Cl)c2)c1. The van der Waals surface area contributed by atoms with Crippen LogP contribution in [0.2, 0.25) is 5.02 Å². The quantitative estimate of drug-likeness (QED) is 0.758. The van der Waals surface area contributed by atoms with Crippen molar-refractivity contribution in [1.29, 1.82) is 0 Å². The van der Waals surface area contributed by atoms with Gasteiger partial charge in [-0.15, -0.1) is 0 Å². The molecule has 0 atom stereocenters. The van der Waals surface area contributed by atoms with Crippen molar-refractivity contribution in [2.24, 2.45) is 5.73 Å². The van der Waals surface area contributed by atoms with Crippen molar-refractivity contribution in [3.8, 4) is 0 Å². The Bertz CT molecular complexity index is 661. The molecule has 0 aliphatic rings. The number of benzene rings is 2. The minimum atomic E-state index is -0.530. The summed E-state index contributed by atoms with van der Waals surface area (Å²) in [5, 5.41) is 3.12. The third kappa shape index (κ3) is 3.19. The summed E-state index contributed by atoms with van der Waals surface area (Å²) in [6.07, 6.45) is 0. The molecule has 0 aliphatic heterocycles. The first-order chi connectivity index (χ1) is 9.47. The van der Waals surface area contributed by atoms with Gasteiger partial charge in [0.05, 0.1) is 16.4 Å². The number of nitrogens with two attached hydrogens (primary N) is 2. The van der Waals surface area contributed by atoms with E-state index in [1.54, 1.807) is 24.3 Å². The Morgan fingerprint density at radius 2 is 2.00 bits per heavy atom. The molecule has 0 bridgehead atoms. The van der Waals surface area contributed by atoms with Gasteiger partial charge in [-0.1, -0.05) is 17.7 Å². The zero-order valence-electron chi connectivity index (χ0n) is 10.5. The molecule has 0 saturated carbocycles. The molecule has 0 heterocycles. The van der Waals surface area contributed by atoms with Gasteiger partial charge in [-0.3, -0.25) is 4.79 Å². The Labute approximate surface area is 120 Å². The van der Waals surface area contributed by atoms with Crippen LogP contribution in [0.1, 0.15) is 15.9 Å². The molecule has 5 N–H and O–H groups in total. The van der Waals surface area contributed by atoms with Crippen LogP contribution in [0, 0.1) is 5.82 Å². The van der Waals surface area contributed by atoms with E-state index in [1.807, 2.05) is 0 Å². The number of hydrogen-bond donors (Lipinski definition) is 3. The maximum atomic E-state index is 13.0. The summed E-state index contributed by atoms with van der Waals surface area (Å²) < 4.78 is 13.0. The second-order valence-corrected chi connectivity index (χ2v) is 4.68. The van der Waals surface area contributed by atoms with E-state index in [-0.39, 0.29) is 5.02 Å². The van der Waals surface area contributed by atoms with Crippen LogP contribution in [0.4, 0.5) is 15.8 Å². The maximum Gasteiger partial charge on any atom is 0.248 e. The molecule has 6 heteroatoms. The minimum Gasteiger partial charge on any atom is -0.397 e. The zero-order chi connectivity index (χ0) is 14.7. The number of halogens is 2. The molecule has 2 rings (SSSR count). The van der Waals surface area contributed by atoms with E-state index in [0.29, 0.717) is 23.5 Å². The second-order valence-electron chi connectivity index (χ2n) is 4.27. The van der Waals surface area contributed by atoms with E-state index in [1.165, 1.54) is 12.1 Å². The molecule has 20 heavy (non-hydrogen) atoms. The Morgan fingerprint density at radius 1 is 1.25 bits per heavy atom. The lowest BCUT2D eigenvalue weighted by Gasteiger charge is -2.11. The van der Waals surface area contributed by atoms with Gasteiger partial charge in [-0.05, 0) is 35.9 Å². The van der Waals surface area contributed by atoms with Gasteiger partial charge in [-0.25, -0.2) is 4.39 Å². The topological polar surface area (TPSA) is 81.1 Å². The van der Waals surface area contributed by atoms with Crippen molar-refractivity contribution in [3.63, 3.8) is 0 Å². The molecule has 1 amide bonds. The first kappa shape index (κ1) is 14.1. The first-order valence-corrected chi connectivity index (χ1v) is 6.22. The Kier molecular flexibility index (Phi) is 4.10. The highest BCUT2D eigenvalue weighted by molar-refractivity contribution is 6.30. The van der Waals surface area contributed by atoms with Gasteiger partial charge in [0.1, 0.15) is 5.82 Å². The summed E-state index contributed by atoms with van der Waals surface area (Å²) in [6, 6.07) is 9.16. The number of primary amides is 1. The van der Waals surface area contributed by atoms with Gasteiger partial charge in [0.25, 0.3) is 0 Å². The zero-order valence-corrected chi connectivity index (χ0v) is 11.2. The number of nitrogens with one attached hydrogen (secondary N) is 1. The first-order valence-electron chi connectivity index (χ1n) is 5.84. The number of anilines is 2. The van der Waals surface area contributed by atoms with E-state index in [0.717, 1.165) is 5.56 Å². The largest absolute Gasteiger partial charge is 0.397 e. The molecular weight excluding hydrogens is 281 g/mol. The molecule has 2 aromatic rings. The molecule has 0 saturated heterocycles. The lowest BCUT2D eigenvalue weighted by atomic mass is 10.1. The molecule has 0 radical (unpaired) electrons. The normalized spacial score (nSPS) is 10.3. The van der Waals surface area contributed by atoms with Crippen LogP contribution in [0.15, 0.2) is 36.4 Å². The Balaban J connectivity index is 2.15. The fourth-order valence-electron chi connectivity index (χ4n) is 1.71. The summed E-state index contributed by atoms with van der Waals surface area (Å²) in [6.45, 7) is 0.395. The molecule has 2 aromatic carbocycles. The van der Waals surface area contributed by atoms with Crippen LogP contribution in [-0.2, 0) is 6.54 Å². The molecule has 104 valence electrons. The van der Waals surface area contributed by atoms with Crippen LogP contribution < -0.4 is 16.8 Å². The van der Waals surface area contributed by atoms with Gasteiger partial charge in [0.15, 0.2) is 0 Å². The fraction of sp³-hybridized carbons (Fsp3) is 0.0714.